The molecule has 0 fully saturated rings. The van der Waals surface area contributed by atoms with Gasteiger partial charge < -0.3 is 4.57 Å². The number of halogens is 1. The van der Waals surface area contributed by atoms with Gasteiger partial charge in [-0.05, 0) is 35.9 Å². The van der Waals surface area contributed by atoms with Gasteiger partial charge in [-0.25, -0.2) is 0 Å². The molecule has 1 aliphatic heterocycles. The number of aromatic nitrogens is 1. The van der Waals surface area contributed by atoms with E-state index in [4.69, 9.17) is 11.6 Å². The summed E-state index contributed by atoms with van der Waals surface area (Å²) in [6, 6.07) is 11.2. The van der Waals surface area contributed by atoms with Crippen LogP contribution in [0.4, 0.5) is 0 Å². The number of allylic oxidation sites excluding steroid dienone is 1. The number of benzene rings is 1. The van der Waals surface area contributed by atoms with Crippen molar-refractivity contribution in [3.05, 3.63) is 64.4 Å². The number of fused-ring (bicyclic) bond motifs is 1. The molecule has 0 amide bonds. The van der Waals surface area contributed by atoms with E-state index in [1.165, 1.54) is 0 Å². The highest BCUT2D eigenvalue weighted by atomic mass is 35.5. The first-order valence-corrected chi connectivity index (χ1v) is 5.78. The molecule has 0 unspecified atom stereocenters. The fourth-order valence-electron chi connectivity index (χ4n) is 2.09. The minimum atomic E-state index is 0.106. The quantitative estimate of drug-likeness (QED) is 0.704. The van der Waals surface area contributed by atoms with Crippen molar-refractivity contribution in [1.82, 2.24) is 4.57 Å². The molecule has 0 N–H and O–H groups in total. The van der Waals surface area contributed by atoms with Gasteiger partial charge in [0.1, 0.15) is 0 Å². The van der Waals surface area contributed by atoms with E-state index in [-0.39, 0.29) is 5.78 Å². The van der Waals surface area contributed by atoms with Gasteiger partial charge in [-0.3, -0.25) is 4.79 Å². The van der Waals surface area contributed by atoms with Crippen LogP contribution in [0, 0.1) is 0 Å². The second-order valence-corrected chi connectivity index (χ2v) is 4.51. The lowest BCUT2D eigenvalue weighted by molar-refractivity contribution is 0.103. The number of hydrogen-bond donors (Lipinski definition) is 0. The van der Waals surface area contributed by atoms with E-state index in [9.17, 15) is 4.79 Å². The highest BCUT2D eigenvalue weighted by Crippen LogP contribution is 2.23. The number of ketones is 1. The van der Waals surface area contributed by atoms with Gasteiger partial charge in [0, 0.05) is 16.8 Å². The number of nitrogens with zero attached hydrogens (tertiary/aromatic N) is 1. The Morgan fingerprint density at radius 2 is 2.12 bits per heavy atom. The van der Waals surface area contributed by atoms with Crippen LogP contribution in [0.2, 0.25) is 5.02 Å². The second kappa shape index (κ2) is 3.90. The standard InChI is InChI=1S/C14H10ClNO/c15-12-4-1-3-10(8-12)7-11-9-16-6-2-5-13(16)14(11)17/h1-8H,9H2/b11-7+. The average Bonchev–Trinajstić information content (AvgIpc) is 2.84. The predicted molar refractivity (Wildman–Crippen MR) is 68.2 cm³/mol. The molecule has 84 valence electrons. The van der Waals surface area contributed by atoms with E-state index in [0.717, 1.165) is 16.8 Å². The van der Waals surface area contributed by atoms with E-state index < -0.39 is 0 Å². The lowest BCUT2D eigenvalue weighted by atomic mass is 10.1. The fraction of sp³-hybridized carbons (Fsp3) is 0.0714. The zero-order chi connectivity index (χ0) is 11.8. The average molecular weight is 244 g/mol. The van der Waals surface area contributed by atoms with E-state index >= 15 is 0 Å². The summed E-state index contributed by atoms with van der Waals surface area (Å²) < 4.78 is 1.96. The molecule has 2 heterocycles. The Bertz CT molecular complexity index is 625. The largest absolute Gasteiger partial charge is 0.340 e. The van der Waals surface area contributed by atoms with Crippen LogP contribution in [0.25, 0.3) is 6.08 Å². The lowest BCUT2D eigenvalue weighted by Crippen LogP contribution is -1.94. The Morgan fingerprint density at radius 1 is 1.24 bits per heavy atom. The Morgan fingerprint density at radius 3 is 2.88 bits per heavy atom. The molecule has 1 aromatic heterocycles. The van der Waals surface area contributed by atoms with E-state index in [1.54, 1.807) is 0 Å². The minimum Gasteiger partial charge on any atom is -0.340 e. The summed E-state index contributed by atoms with van der Waals surface area (Å²) in [7, 11) is 0. The van der Waals surface area contributed by atoms with Crippen LogP contribution in [0.3, 0.4) is 0 Å². The van der Waals surface area contributed by atoms with Crippen LogP contribution < -0.4 is 0 Å². The van der Waals surface area contributed by atoms with Crippen molar-refractivity contribution in [2.75, 3.05) is 0 Å². The molecule has 0 saturated heterocycles. The molecule has 0 saturated carbocycles. The van der Waals surface area contributed by atoms with Crippen LogP contribution >= 0.6 is 11.6 Å². The topological polar surface area (TPSA) is 22.0 Å². The molecule has 3 heteroatoms. The summed E-state index contributed by atoms with van der Waals surface area (Å²) in [6.07, 6.45) is 3.83. The molecule has 0 spiro atoms. The Hall–Kier alpha value is -1.80. The first-order chi connectivity index (χ1) is 8.24. The van der Waals surface area contributed by atoms with Crippen LogP contribution in [-0.4, -0.2) is 10.4 Å². The van der Waals surface area contributed by atoms with Crippen molar-refractivity contribution >= 4 is 23.5 Å². The highest BCUT2D eigenvalue weighted by Gasteiger charge is 2.23. The molecule has 0 atom stereocenters. The zero-order valence-electron chi connectivity index (χ0n) is 9.06. The predicted octanol–water partition coefficient (Wildman–Crippen LogP) is 3.42. The van der Waals surface area contributed by atoms with Gasteiger partial charge in [-0.1, -0.05) is 23.7 Å². The third kappa shape index (κ3) is 1.81. The molecule has 0 radical (unpaired) electrons. The molecule has 0 aliphatic carbocycles. The highest BCUT2D eigenvalue weighted by molar-refractivity contribution is 6.30. The van der Waals surface area contributed by atoms with Gasteiger partial charge in [0.2, 0.25) is 5.78 Å². The van der Waals surface area contributed by atoms with Crippen molar-refractivity contribution in [2.24, 2.45) is 0 Å². The van der Waals surface area contributed by atoms with Gasteiger partial charge in [0.15, 0.2) is 0 Å². The van der Waals surface area contributed by atoms with Gasteiger partial charge >= 0.3 is 0 Å². The van der Waals surface area contributed by atoms with Gasteiger partial charge in [0.05, 0.1) is 12.2 Å². The van der Waals surface area contributed by atoms with Crippen molar-refractivity contribution < 1.29 is 4.79 Å². The minimum absolute atomic E-state index is 0.106. The second-order valence-electron chi connectivity index (χ2n) is 4.08. The molecule has 2 nitrogen and oxygen atoms in total. The first-order valence-electron chi connectivity index (χ1n) is 5.40. The van der Waals surface area contributed by atoms with Gasteiger partial charge in [-0.2, -0.15) is 0 Å². The summed E-state index contributed by atoms with van der Waals surface area (Å²) in [4.78, 5) is 12.0. The molecular formula is C14H10ClNO. The monoisotopic (exact) mass is 243 g/mol. The molecule has 1 aromatic carbocycles. The molecule has 2 aromatic rings. The molecule has 1 aliphatic rings. The molecule has 17 heavy (non-hydrogen) atoms. The first kappa shape index (κ1) is 10.4. The summed E-state index contributed by atoms with van der Waals surface area (Å²) in [6.45, 7) is 0.647. The summed E-state index contributed by atoms with van der Waals surface area (Å²) in [5, 5.41) is 0.685. The van der Waals surface area contributed by atoms with Crippen LogP contribution in [0.1, 0.15) is 16.1 Å². The van der Waals surface area contributed by atoms with E-state index in [2.05, 4.69) is 0 Å². The zero-order valence-corrected chi connectivity index (χ0v) is 9.82. The molecule has 0 bridgehead atoms. The summed E-state index contributed by atoms with van der Waals surface area (Å²) in [5.41, 5.74) is 2.53. The fourth-order valence-corrected chi connectivity index (χ4v) is 2.29. The number of rotatable bonds is 1. The Balaban J connectivity index is 1.97. The van der Waals surface area contributed by atoms with Crippen molar-refractivity contribution in [3.8, 4) is 0 Å². The molecular weight excluding hydrogens is 234 g/mol. The van der Waals surface area contributed by atoms with E-state index in [0.29, 0.717) is 11.6 Å². The number of hydrogen-bond acceptors (Lipinski definition) is 1. The maximum Gasteiger partial charge on any atom is 0.207 e. The van der Waals surface area contributed by atoms with Crippen molar-refractivity contribution in [2.45, 2.75) is 6.54 Å². The van der Waals surface area contributed by atoms with Crippen LogP contribution in [0.5, 0.6) is 0 Å². The van der Waals surface area contributed by atoms with Crippen molar-refractivity contribution in [3.63, 3.8) is 0 Å². The Kier molecular flexibility index (Phi) is 2.37. The summed E-state index contributed by atoms with van der Waals surface area (Å²) in [5.74, 6) is 0.106. The third-order valence-electron chi connectivity index (χ3n) is 2.88. The maximum atomic E-state index is 12.0. The van der Waals surface area contributed by atoms with Crippen LogP contribution in [0.15, 0.2) is 48.2 Å². The number of Topliss-reactive ketones (excluding diaryl/α,β-unsaturated/α-hetero) is 1. The Labute approximate surface area is 104 Å². The SMILES string of the molecule is O=C1/C(=C/c2cccc(Cl)c2)Cn2cccc21. The number of carbonyl (C=O) groups excluding carboxylic acids is 1. The number of carbonyl (C=O) groups is 1. The summed E-state index contributed by atoms with van der Waals surface area (Å²) >= 11 is 5.92. The maximum absolute atomic E-state index is 12.0. The third-order valence-corrected chi connectivity index (χ3v) is 3.12. The van der Waals surface area contributed by atoms with E-state index in [1.807, 2.05) is 53.2 Å². The van der Waals surface area contributed by atoms with Gasteiger partial charge in [-0.15, -0.1) is 0 Å². The van der Waals surface area contributed by atoms with Gasteiger partial charge in [0.25, 0.3) is 0 Å². The van der Waals surface area contributed by atoms with Crippen molar-refractivity contribution in [1.29, 1.82) is 0 Å². The molecule has 3 rings (SSSR count). The van der Waals surface area contributed by atoms with Crippen LogP contribution in [-0.2, 0) is 6.54 Å². The lowest BCUT2D eigenvalue weighted by Gasteiger charge is -1.97. The smallest absolute Gasteiger partial charge is 0.207 e. The normalized spacial score (nSPS) is 16.5.